The molecular weight excluding hydrogens is 395 g/mol. The zero-order chi connectivity index (χ0) is 21.5. The minimum atomic E-state index is -0.448. The van der Waals surface area contributed by atoms with E-state index >= 15 is 0 Å². The van der Waals surface area contributed by atoms with E-state index in [0.29, 0.717) is 34.8 Å². The normalized spacial score (nSPS) is 11.3. The summed E-state index contributed by atoms with van der Waals surface area (Å²) in [5.74, 6) is -0.0660. The Morgan fingerprint density at radius 3 is 2.84 bits per heavy atom. The average molecular weight is 414 g/mol. The monoisotopic (exact) mass is 414 g/mol. The number of halogens is 1. The number of nitrogens with zero attached hydrogens (tertiary/aromatic N) is 5. The topological polar surface area (TPSA) is 79.2 Å². The van der Waals surface area contributed by atoms with Crippen molar-refractivity contribution in [1.82, 2.24) is 24.6 Å². The van der Waals surface area contributed by atoms with Gasteiger partial charge in [-0.3, -0.25) is 9.78 Å². The summed E-state index contributed by atoms with van der Waals surface area (Å²) in [7, 11) is 0. The summed E-state index contributed by atoms with van der Waals surface area (Å²) in [6, 6.07) is 11.1. The predicted molar refractivity (Wildman–Crippen MR) is 117 cm³/mol. The van der Waals surface area contributed by atoms with Crippen LogP contribution in [0.5, 0.6) is 0 Å². The lowest BCUT2D eigenvalue weighted by Crippen LogP contribution is -2.18. The zero-order valence-electron chi connectivity index (χ0n) is 17.0. The lowest BCUT2D eigenvalue weighted by Gasteiger charge is -2.20. The first-order chi connectivity index (χ1) is 15.1. The summed E-state index contributed by atoms with van der Waals surface area (Å²) in [6.07, 6.45) is 6.32. The van der Waals surface area contributed by atoms with Gasteiger partial charge in [0.25, 0.3) is 0 Å². The van der Waals surface area contributed by atoms with Crippen LogP contribution in [0.4, 0.5) is 15.9 Å². The summed E-state index contributed by atoms with van der Waals surface area (Å²) in [4.78, 5) is 26.5. The smallest absolute Gasteiger partial charge is 0.168 e. The molecule has 1 aromatic carbocycles. The van der Waals surface area contributed by atoms with Crippen LogP contribution < -0.4 is 4.90 Å². The van der Waals surface area contributed by atoms with E-state index in [2.05, 4.69) is 20.1 Å². The largest absolute Gasteiger partial charge is 0.359 e. The van der Waals surface area contributed by atoms with Crippen molar-refractivity contribution in [2.45, 2.75) is 13.8 Å². The average Bonchev–Trinajstić information content (AvgIpc) is 3.36. The maximum atomic E-state index is 13.6. The van der Waals surface area contributed by atoms with Crippen molar-refractivity contribution in [3.63, 3.8) is 0 Å². The van der Waals surface area contributed by atoms with E-state index in [-0.39, 0.29) is 5.78 Å². The number of carbonyl (C=O) groups excluding carboxylic acids is 1. The van der Waals surface area contributed by atoms with E-state index in [1.54, 1.807) is 16.8 Å². The number of rotatable bonds is 5. The van der Waals surface area contributed by atoms with Gasteiger partial charge in [-0.05, 0) is 32.0 Å². The maximum absolute atomic E-state index is 13.6. The number of nitrogens with one attached hydrogen (secondary N) is 1. The van der Waals surface area contributed by atoms with E-state index in [0.717, 1.165) is 22.8 Å². The van der Waals surface area contributed by atoms with Gasteiger partial charge in [-0.1, -0.05) is 18.2 Å². The summed E-state index contributed by atoms with van der Waals surface area (Å²) >= 11 is 0. The van der Waals surface area contributed by atoms with Gasteiger partial charge in [-0.2, -0.15) is 0 Å². The predicted octanol–water partition coefficient (Wildman–Crippen LogP) is 4.77. The highest BCUT2D eigenvalue weighted by Gasteiger charge is 2.25. The minimum Gasteiger partial charge on any atom is -0.359 e. The van der Waals surface area contributed by atoms with Crippen LogP contribution in [0.15, 0.2) is 61.2 Å². The van der Waals surface area contributed by atoms with E-state index < -0.39 is 5.82 Å². The summed E-state index contributed by atoms with van der Waals surface area (Å²) in [5, 5.41) is 5.71. The molecule has 5 rings (SSSR count). The van der Waals surface area contributed by atoms with E-state index in [9.17, 15) is 9.18 Å². The number of H-pyrrole nitrogens is 1. The third-order valence-electron chi connectivity index (χ3n) is 5.25. The van der Waals surface area contributed by atoms with Gasteiger partial charge in [0.1, 0.15) is 11.4 Å². The first-order valence-electron chi connectivity index (χ1n) is 9.91. The Morgan fingerprint density at radius 2 is 2.06 bits per heavy atom. The number of hydrogen-bond donors (Lipinski definition) is 1. The second-order valence-corrected chi connectivity index (χ2v) is 7.19. The molecule has 0 radical (unpaired) electrons. The number of para-hydroxylation sites is 1. The first-order valence-corrected chi connectivity index (χ1v) is 9.91. The first kappa shape index (κ1) is 18.9. The summed E-state index contributed by atoms with van der Waals surface area (Å²) in [5.41, 5.74) is 3.81. The minimum absolute atomic E-state index is 0.148. The molecule has 1 N–H and O–H groups in total. The quantitative estimate of drug-likeness (QED) is 0.419. The summed E-state index contributed by atoms with van der Waals surface area (Å²) in [6.45, 7) is 4.11. The van der Waals surface area contributed by atoms with Gasteiger partial charge in [0.2, 0.25) is 0 Å². The number of ketones is 1. The van der Waals surface area contributed by atoms with Crippen molar-refractivity contribution < 1.29 is 9.18 Å². The second kappa shape index (κ2) is 7.32. The van der Waals surface area contributed by atoms with Crippen LogP contribution in [-0.2, 0) is 0 Å². The van der Waals surface area contributed by atoms with Crippen molar-refractivity contribution in [3.05, 3.63) is 72.6 Å². The number of pyridine rings is 1. The molecule has 0 atom stereocenters. The molecule has 154 valence electrons. The number of anilines is 2. The van der Waals surface area contributed by atoms with E-state index in [1.165, 1.54) is 19.2 Å². The molecule has 0 spiro atoms. The van der Waals surface area contributed by atoms with E-state index in [1.807, 2.05) is 42.3 Å². The van der Waals surface area contributed by atoms with Gasteiger partial charge in [-0.25, -0.2) is 13.9 Å². The molecule has 0 unspecified atom stereocenters. The van der Waals surface area contributed by atoms with Crippen LogP contribution in [0.1, 0.15) is 24.2 Å². The third-order valence-corrected chi connectivity index (χ3v) is 5.25. The van der Waals surface area contributed by atoms with Gasteiger partial charge in [0.15, 0.2) is 17.2 Å². The molecule has 4 aromatic heterocycles. The Kier molecular flexibility index (Phi) is 4.47. The van der Waals surface area contributed by atoms with Gasteiger partial charge in [-0.15, -0.1) is 5.10 Å². The van der Waals surface area contributed by atoms with Gasteiger partial charge in [0.05, 0.1) is 17.6 Å². The fourth-order valence-corrected chi connectivity index (χ4v) is 3.85. The molecule has 7 nitrogen and oxygen atoms in total. The molecule has 4 heterocycles. The molecule has 5 aromatic rings. The Balaban J connectivity index is 1.71. The SMILES string of the molecule is CCN(c1nn2ccc(-c3cncc(F)c3)nc2c1C(C)=O)c1c[nH]c2ccccc12. The third kappa shape index (κ3) is 3.13. The van der Waals surface area contributed by atoms with Crippen molar-refractivity contribution in [1.29, 1.82) is 0 Å². The van der Waals surface area contributed by atoms with Gasteiger partial charge in [0, 0.05) is 41.6 Å². The van der Waals surface area contributed by atoms with E-state index in [4.69, 9.17) is 0 Å². The summed E-state index contributed by atoms with van der Waals surface area (Å²) < 4.78 is 15.2. The highest BCUT2D eigenvalue weighted by atomic mass is 19.1. The fraction of sp³-hybridized carbons (Fsp3) is 0.130. The molecule has 0 aliphatic rings. The molecule has 0 bridgehead atoms. The lowest BCUT2D eigenvalue weighted by atomic mass is 10.1. The van der Waals surface area contributed by atoms with Crippen molar-refractivity contribution >= 4 is 33.8 Å². The zero-order valence-corrected chi connectivity index (χ0v) is 17.0. The number of benzene rings is 1. The number of aromatic nitrogens is 5. The Bertz CT molecular complexity index is 1440. The number of Topliss-reactive ketones (excluding diaryl/α,β-unsaturated/α-hetero) is 1. The Hall–Kier alpha value is -4.07. The fourth-order valence-electron chi connectivity index (χ4n) is 3.85. The van der Waals surface area contributed by atoms with Crippen molar-refractivity contribution in [2.24, 2.45) is 0 Å². The highest BCUT2D eigenvalue weighted by molar-refractivity contribution is 6.06. The highest BCUT2D eigenvalue weighted by Crippen LogP contribution is 2.35. The molecule has 0 saturated heterocycles. The molecular formula is C23H19FN6O. The number of carbonyl (C=O) groups is 1. The maximum Gasteiger partial charge on any atom is 0.168 e. The van der Waals surface area contributed by atoms with Crippen LogP contribution in [-0.4, -0.2) is 36.9 Å². The number of hydrogen-bond acceptors (Lipinski definition) is 5. The number of fused-ring (bicyclic) bond motifs is 2. The van der Waals surface area contributed by atoms with Crippen LogP contribution >= 0.6 is 0 Å². The van der Waals surface area contributed by atoms with Crippen LogP contribution in [0.25, 0.3) is 27.8 Å². The molecule has 0 aliphatic carbocycles. The lowest BCUT2D eigenvalue weighted by molar-refractivity contribution is 0.101. The van der Waals surface area contributed by atoms with Crippen molar-refractivity contribution in [2.75, 3.05) is 11.4 Å². The number of aromatic amines is 1. The van der Waals surface area contributed by atoms with Crippen LogP contribution in [0, 0.1) is 5.82 Å². The molecule has 31 heavy (non-hydrogen) atoms. The molecule has 0 aliphatic heterocycles. The molecule has 8 heteroatoms. The van der Waals surface area contributed by atoms with Crippen molar-refractivity contribution in [3.8, 4) is 11.3 Å². The Morgan fingerprint density at radius 1 is 1.23 bits per heavy atom. The van der Waals surface area contributed by atoms with Crippen LogP contribution in [0.3, 0.4) is 0 Å². The molecule has 0 saturated carbocycles. The van der Waals surface area contributed by atoms with Crippen LogP contribution in [0.2, 0.25) is 0 Å². The molecule has 0 amide bonds. The van der Waals surface area contributed by atoms with Gasteiger partial charge >= 0.3 is 0 Å². The second-order valence-electron chi connectivity index (χ2n) is 7.19. The molecule has 0 fully saturated rings. The van der Waals surface area contributed by atoms with Gasteiger partial charge < -0.3 is 9.88 Å². The standard InChI is InChI=1S/C23H19FN6O/c1-3-29(20-13-26-19-7-5-4-6-17(19)20)23-21(14(2)31)22-27-18(8-9-30(22)28-23)15-10-16(24)12-25-11-15/h4-13,26H,3H2,1-2H3. The Labute approximate surface area is 177 Å².